The lowest BCUT2D eigenvalue weighted by molar-refractivity contribution is -0.138. The number of ether oxygens (including phenoxy) is 1. The quantitative estimate of drug-likeness (QED) is 0.356. The van der Waals surface area contributed by atoms with Crippen LogP contribution in [-0.4, -0.2) is 50.0 Å². The van der Waals surface area contributed by atoms with E-state index < -0.39 is 23.2 Å². The van der Waals surface area contributed by atoms with E-state index in [-0.39, 0.29) is 18.6 Å². The number of carboxylic acid groups (broad SMARTS) is 1. The summed E-state index contributed by atoms with van der Waals surface area (Å²) in [6, 6.07) is 7.82. The molecule has 1 amide bonds. The van der Waals surface area contributed by atoms with Crippen LogP contribution in [0.5, 0.6) is 0 Å². The van der Waals surface area contributed by atoms with Gasteiger partial charge in [-0.15, -0.1) is 0 Å². The topological polar surface area (TPSA) is 111 Å². The van der Waals surface area contributed by atoms with E-state index in [9.17, 15) is 14.7 Å². The Labute approximate surface area is 219 Å². The molecule has 1 saturated heterocycles. The van der Waals surface area contributed by atoms with E-state index in [1.165, 1.54) is 12.3 Å². The van der Waals surface area contributed by atoms with Crippen molar-refractivity contribution in [1.82, 2.24) is 24.6 Å². The summed E-state index contributed by atoms with van der Waals surface area (Å²) in [6.45, 7) is 6.49. The van der Waals surface area contributed by atoms with Crippen LogP contribution >= 0.6 is 0 Å². The van der Waals surface area contributed by atoms with E-state index in [0.29, 0.717) is 45.5 Å². The first kappa shape index (κ1) is 25.8. The molecular weight excluding hydrogens is 489 g/mol. The molecule has 200 valence electrons. The van der Waals surface area contributed by atoms with Crippen LogP contribution in [0.2, 0.25) is 0 Å². The first-order chi connectivity index (χ1) is 18.1. The van der Waals surface area contributed by atoms with Crippen molar-refractivity contribution in [2.75, 3.05) is 13.7 Å². The number of carboxylic acids is 1. The van der Waals surface area contributed by atoms with Gasteiger partial charge >= 0.3 is 5.97 Å². The molecule has 2 N–H and O–H groups in total. The number of nitrogens with zero attached hydrogens (tertiary/aromatic N) is 4. The molecule has 38 heavy (non-hydrogen) atoms. The van der Waals surface area contributed by atoms with Crippen LogP contribution in [0.15, 0.2) is 36.5 Å². The standard InChI is InChI=1S/C28H32FN5O4/c1-28(2,3)23(14-25(35)36)33-22-12-16(27(37)30-4)8-9-20(22)32-26(33)17-11-19(29)18-15-31-34(21(18)13-17)24-7-5-6-10-38-24/h8-9,11-13,15,23-24H,5-7,10,14H2,1-4H3,(H,30,37)(H,35,36). The molecule has 10 heteroatoms. The Hall–Kier alpha value is -3.79. The van der Waals surface area contributed by atoms with Gasteiger partial charge in [-0.3, -0.25) is 9.59 Å². The molecule has 0 bridgehead atoms. The summed E-state index contributed by atoms with van der Waals surface area (Å²) < 4.78 is 25.0. The molecule has 9 nitrogen and oxygen atoms in total. The third-order valence-electron chi connectivity index (χ3n) is 7.21. The van der Waals surface area contributed by atoms with Crippen LogP contribution in [-0.2, 0) is 9.53 Å². The van der Waals surface area contributed by atoms with Crippen LogP contribution in [0.3, 0.4) is 0 Å². The Morgan fingerprint density at radius 2 is 2.00 bits per heavy atom. The van der Waals surface area contributed by atoms with E-state index in [1.54, 1.807) is 29.9 Å². The zero-order valence-electron chi connectivity index (χ0n) is 22.0. The molecule has 2 unspecified atom stereocenters. The number of imidazole rings is 1. The van der Waals surface area contributed by atoms with Crippen LogP contribution in [0, 0.1) is 11.2 Å². The minimum absolute atomic E-state index is 0.176. The van der Waals surface area contributed by atoms with Crippen LogP contribution in [0.4, 0.5) is 4.39 Å². The number of fused-ring (bicyclic) bond motifs is 2. The lowest BCUT2D eigenvalue weighted by atomic mass is 9.84. The monoisotopic (exact) mass is 521 g/mol. The van der Waals surface area contributed by atoms with Crippen molar-refractivity contribution in [2.24, 2.45) is 5.41 Å². The number of aromatic nitrogens is 4. The molecule has 5 rings (SSSR count). The number of hydrogen-bond acceptors (Lipinski definition) is 5. The van der Waals surface area contributed by atoms with Gasteiger partial charge in [0, 0.05) is 24.8 Å². The van der Waals surface area contributed by atoms with Gasteiger partial charge in [-0.05, 0) is 55.0 Å². The Kier molecular flexibility index (Phi) is 6.68. The van der Waals surface area contributed by atoms with Crippen molar-refractivity contribution >= 4 is 33.8 Å². The Morgan fingerprint density at radius 3 is 2.66 bits per heavy atom. The zero-order chi connectivity index (χ0) is 27.2. The molecule has 1 aliphatic rings. The molecule has 4 aromatic rings. The Bertz CT molecular complexity index is 1530. The summed E-state index contributed by atoms with van der Waals surface area (Å²) in [5, 5.41) is 17.3. The number of nitrogens with one attached hydrogen (secondary N) is 1. The van der Waals surface area contributed by atoms with Crippen LogP contribution < -0.4 is 5.32 Å². The second-order valence-corrected chi connectivity index (χ2v) is 10.9. The molecule has 2 aromatic heterocycles. The summed E-state index contributed by atoms with van der Waals surface area (Å²) in [6.07, 6.45) is 3.82. The van der Waals surface area contributed by atoms with Crippen LogP contribution in [0.1, 0.15) is 69.1 Å². The molecule has 0 spiro atoms. The lowest BCUT2D eigenvalue weighted by Gasteiger charge is -2.32. The third kappa shape index (κ3) is 4.64. The number of hydrogen-bond donors (Lipinski definition) is 2. The van der Waals surface area contributed by atoms with Crippen molar-refractivity contribution in [1.29, 1.82) is 0 Å². The molecular formula is C28H32FN5O4. The molecule has 0 radical (unpaired) electrons. The normalized spacial score (nSPS) is 17.1. The molecule has 0 saturated carbocycles. The third-order valence-corrected chi connectivity index (χ3v) is 7.21. The number of amides is 1. The first-order valence-corrected chi connectivity index (χ1v) is 12.8. The van der Waals surface area contributed by atoms with Crippen molar-refractivity contribution in [2.45, 2.75) is 58.7 Å². The van der Waals surface area contributed by atoms with Crippen molar-refractivity contribution < 1.29 is 23.8 Å². The van der Waals surface area contributed by atoms with E-state index in [1.807, 2.05) is 31.4 Å². The smallest absolute Gasteiger partial charge is 0.305 e. The number of carbonyl (C=O) groups is 2. The minimum atomic E-state index is -0.964. The molecule has 3 heterocycles. The van der Waals surface area contributed by atoms with Gasteiger partial charge in [0.05, 0.1) is 40.6 Å². The largest absolute Gasteiger partial charge is 0.481 e. The fourth-order valence-corrected chi connectivity index (χ4v) is 5.23. The van der Waals surface area contributed by atoms with Gasteiger partial charge in [-0.2, -0.15) is 5.10 Å². The zero-order valence-corrected chi connectivity index (χ0v) is 22.0. The molecule has 2 aromatic carbocycles. The number of carbonyl (C=O) groups excluding carboxylic acids is 1. The predicted octanol–water partition coefficient (Wildman–Crippen LogP) is 5.31. The maximum absolute atomic E-state index is 15.5. The number of rotatable bonds is 6. The fourth-order valence-electron chi connectivity index (χ4n) is 5.23. The average molecular weight is 522 g/mol. The highest BCUT2D eigenvalue weighted by atomic mass is 19.1. The second-order valence-electron chi connectivity index (χ2n) is 10.9. The Balaban J connectivity index is 1.77. The highest BCUT2D eigenvalue weighted by Crippen LogP contribution is 2.41. The SMILES string of the molecule is CNC(=O)c1ccc2nc(-c3cc(F)c4cnn(C5CCCCO5)c4c3)n(C(CC(=O)O)C(C)(C)C)c2c1. The van der Waals surface area contributed by atoms with Crippen molar-refractivity contribution in [3.8, 4) is 11.4 Å². The van der Waals surface area contributed by atoms with Crippen molar-refractivity contribution in [3.05, 3.63) is 47.9 Å². The summed E-state index contributed by atoms with van der Waals surface area (Å²) in [4.78, 5) is 29.3. The fraction of sp³-hybridized carbons (Fsp3) is 0.429. The summed E-state index contributed by atoms with van der Waals surface area (Å²) in [7, 11) is 1.55. The lowest BCUT2D eigenvalue weighted by Crippen LogP contribution is -2.27. The summed E-state index contributed by atoms with van der Waals surface area (Å²) in [5.74, 6) is -1.26. The highest BCUT2D eigenvalue weighted by molar-refractivity contribution is 5.98. The summed E-state index contributed by atoms with van der Waals surface area (Å²) >= 11 is 0. The number of benzene rings is 2. The van der Waals surface area contributed by atoms with Gasteiger partial charge in [-0.25, -0.2) is 14.1 Å². The van der Waals surface area contributed by atoms with E-state index >= 15 is 4.39 Å². The second kappa shape index (κ2) is 9.83. The van der Waals surface area contributed by atoms with Gasteiger partial charge in [0.25, 0.3) is 5.91 Å². The van der Waals surface area contributed by atoms with E-state index in [4.69, 9.17) is 9.72 Å². The Morgan fingerprint density at radius 1 is 1.21 bits per heavy atom. The van der Waals surface area contributed by atoms with Gasteiger partial charge in [0.2, 0.25) is 0 Å². The van der Waals surface area contributed by atoms with Gasteiger partial charge in [0.15, 0.2) is 6.23 Å². The molecule has 2 atom stereocenters. The molecule has 1 aliphatic heterocycles. The first-order valence-electron chi connectivity index (χ1n) is 12.8. The van der Waals surface area contributed by atoms with Gasteiger partial charge < -0.3 is 19.7 Å². The van der Waals surface area contributed by atoms with Crippen molar-refractivity contribution in [3.63, 3.8) is 0 Å². The molecule has 0 aliphatic carbocycles. The van der Waals surface area contributed by atoms with Crippen LogP contribution in [0.25, 0.3) is 33.3 Å². The van der Waals surface area contributed by atoms with E-state index in [0.717, 1.165) is 19.3 Å². The predicted molar refractivity (Wildman–Crippen MR) is 141 cm³/mol. The minimum Gasteiger partial charge on any atom is -0.481 e. The maximum Gasteiger partial charge on any atom is 0.305 e. The summed E-state index contributed by atoms with van der Waals surface area (Å²) in [5.41, 5.74) is 2.19. The maximum atomic E-state index is 15.5. The number of halogens is 1. The number of aliphatic carboxylic acids is 1. The molecule has 1 fully saturated rings. The highest BCUT2D eigenvalue weighted by Gasteiger charge is 2.33. The average Bonchev–Trinajstić information content (AvgIpc) is 3.48. The van der Waals surface area contributed by atoms with Gasteiger partial charge in [0.1, 0.15) is 11.6 Å². The van der Waals surface area contributed by atoms with Gasteiger partial charge in [-0.1, -0.05) is 20.8 Å². The van der Waals surface area contributed by atoms with E-state index in [2.05, 4.69) is 10.4 Å².